The first kappa shape index (κ1) is 22.6. The lowest BCUT2D eigenvalue weighted by molar-refractivity contribution is 0.0389. The number of aromatic nitrogens is 2. The van der Waals surface area contributed by atoms with Crippen LogP contribution in [0.15, 0.2) is 47.7 Å². The lowest BCUT2D eigenvalue weighted by Gasteiger charge is -2.26. The molecule has 1 fully saturated rings. The van der Waals surface area contributed by atoms with Gasteiger partial charge in [0.15, 0.2) is 5.96 Å². The van der Waals surface area contributed by atoms with Gasteiger partial charge in [-0.2, -0.15) is 0 Å². The molecule has 154 valence electrons. The molecule has 0 bridgehead atoms. The predicted molar refractivity (Wildman–Crippen MR) is 124 cm³/mol. The normalized spacial score (nSPS) is 15.1. The van der Waals surface area contributed by atoms with Gasteiger partial charge in [-0.15, -0.1) is 24.0 Å². The van der Waals surface area contributed by atoms with E-state index in [1.807, 2.05) is 18.5 Å². The van der Waals surface area contributed by atoms with E-state index < -0.39 is 0 Å². The number of hydrogen-bond acceptors (Lipinski definition) is 4. The summed E-state index contributed by atoms with van der Waals surface area (Å²) in [5, 5.41) is 6.76. The minimum Gasteiger partial charge on any atom is -0.379 e. The Morgan fingerprint density at radius 3 is 2.64 bits per heavy atom. The van der Waals surface area contributed by atoms with Crippen molar-refractivity contribution in [1.82, 2.24) is 25.1 Å². The van der Waals surface area contributed by atoms with Crippen LogP contribution in [0.1, 0.15) is 11.4 Å². The molecule has 2 aromatic rings. The average Bonchev–Trinajstić information content (AvgIpc) is 3.15. The second-order valence-electron chi connectivity index (χ2n) is 6.59. The Balaban J connectivity index is 0.00000280. The quantitative estimate of drug-likeness (QED) is 0.329. The molecule has 3 rings (SSSR count). The van der Waals surface area contributed by atoms with Crippen LogP contribution in [0.25, 0.3) is 0 Å². The predicted octanol–water partition coefficient (Wildman–Crippen LogP) is 1.59. The lowest BCUT2D eigenvalue weighted by atomic mass is 10.2. The zero-order valence-corrected chi connectivity index (χ0v) is 18.8. The SMILES string of the molecule is CN=C(NCCc1nccn1Cc1ccccc1)NCCN1CCOCC1.I. The summed E-state index contributed by atoms with van der Waals surface area (Å²) in [7, 11) is 1.81. The van der Waals surface area contributed by atoms with Gasteiger partial charge >= 0.3 is 0 Å². The first-order chi connectivity index (χ1) is 13.3. The minimum atomic E-state index is 0. The van der Waals surface area contributed by atoms with E-state index in [0.29, 0.717) is 0 Å². The van der Waals surface area contributed by atoms with Crippen LogP contribution < -0.4 is 10.6 Å². The van der Waals surface area contributed by atoms with Gasteiger partial charge in [0.2, 0.25) is 0 Å². The Hall–Kier alpha value is -1.65. The molecule has 28 heavy (non-hydrogen) atoms. The topological polar surface area (TPSA) is 66.7 Å². The first-order valence-corrected chi connectivity index (χ1v) is 9.63. The van der Waals surface area contributed by atoms with Gasteiger partial charge in [0, 0.05) is 65.1 Å². The van der Waals surface area contributed by atoms with Gasteiger partial charge in [-0.1, -0.05) is 30.3 Å². The third kappa shape index (κ3) is 7.40. The first-order valence-electron chi connectivity index (χ1n) is 9.63. The number of benzene rings is 1. The van der Waals surface area contributed by atoms with E-state index in [1.54, 1.807) is 7.05 Å². The van der Waals surface area contributed by atoms with Crippen LogP contribution in [0.5, 0.6) is 0 Å². The highest BCUT2D eigenvalue weighted by molar-refractivity contribution is 14.0. The van der Waals surface area contributed by atoms with Gasteiger partial charge in [-0.05, 0) is 5.56 Å². The van der Waals surface area contributed by atoms with Crippen LogP contribution in [-0.2, 0) is 17.7 Å². The maximum atomic E-state index is 5.38. The van der Waals surface area contributed by atoms with Gasteiger partial charge in [0.1, 0.15) is 5.82 Å². The van der Waals surface area contributed by atoms with Gasteiger partial charge in [0.05, 0.1) is 13.2 Å². The molecule has 1 aromatic carbocycles. The van der Waals surface area contributed by atoms with E-state index in [4.69, 9.17) is 4.74 Å². The molecule has 0 spiro atoms. The Morgan fingerprint density at radius 1 is 1.14 bits per heavy atom. The molecule has 2 heterocycles. The zero-order chi connectivity index (χ0) is 18.7. The van der Waals surface area contributed by atoms with Gasteiger partial charge < -0.3 is 19.9 Å². The second kappa shape index (κ2) is 12.7. The monoisotopic (exact) mass is 498 g/mol. The number of ether oxygens (including phenoxy) is 1. The van der Waals surface area contributed by atoms with Crippen LogP contribution >= 0.6 is 24.0 Å². The molecule has 1 aliphatic heterocycles. The summed E-state index contributed by atoms with van der Waals surface area (Å²) in [5.74, 6) is 1.92. The molecule has 1 aliphatic rings. The number of nitrogens with one attached hydrogen (secondary N) is 2. The van der Waals surface area contributed by atoms with E-state index in [2.05, 4.69) is 54.3 Å². The van der Waals surface area contributed by atoms with Crippen LogP contribution in [0, 0.1) is 0 Å². The standard InChI is InChI=1S/C20H30N6O.HI/c1-21-20(24-9-11-25-13-15-27-16-14-25)23-8-7-19-22-10-12-26(19)17-18-5-3-2-4-6-18;/h2-6,10,12H,7-9,11,13-17H2,1H3,(H2,21,23,24);1H. The molecule has 8 heteroatoms. The Morgan fingerprint density at radius 2 is 1.89 bits per heavy atom. The number of guanidine groups is 1. The molecule has 1 saturated heterocycles. The maximum absolute atomic E-state index is 5.38. The Labute approximate surface area is 184 Å². The molecule has 0 radical (unpaired) electrons. The Kier molecular flexibility index (Phi) is 10.3. The number of morpholine rings is 1. The van der Waals surface area contributed by atoms with Crippen LogP contribution in [-0.4, -0.2) is 73.4 Å². The summed E-state index contributed by atoms with van der Waals surface area (Å²) in [4.78, 5) is 11.2. The number of aliphatic imine (C=N–C) groups is 1. The van der Waals surface area contributed by atoms with Crippen molar-refractivity contribution >= 4 is 29.9 Å². The summed E-state index contributed by atoms with van der Waals surface area (Å²) >= 11 is 0. The highest BCUT2D eigenvalue weighted by Crippen LogP contribution is 2.05. The number of rotatable bonds is 8. The minimum absolute atomic E-state index is 0. The third-order valence-corrected chi connectivity index (χ3v) is 4.69. The van der Waals surface area contributed by atoms with E-state index in [1.165, 1.54) is 5.56 Å². The molecular weight excluding hydrogens is 467 g/mol. The molecule has 2 N–H and O–H groups in total. The largest absolute Gasteiger partial charge is 0.379 e. The van der Waals surface area contributed by atoms with Gasteiger partial charge in [0.25, 0.3) is 0 Å². The summed E-state index contributed by atoms with van der Waals surface area (Å²) in [6.07, 6.45) is 4.76. The third-order valence-electron chi connectivity index (χ3n) is 4.69. The van der Waals surface area contributed by atoms with Crippen molar-refractivity contribution in [2.75, 3.05) is 53.0 Å². The average molecular weight is 498 g/mol. The van der Waals surface area contributed by atoms with Crippen LogP contribution in [0.4, 0.5) is 0 Å². The summed E-state index contributed by atoms with van der Waals surface area (Å²) in [6.45, 7) is 7.22. The van der Waals surface area contributed by atoms with Crippen molar-refractivity contribution in [1.29, 1.82) is 0 Å². The van der Waals surface area contributed by atoms with Crippen molar-refractivity contribution < 1.29 is 4.74 Å². The highest BCUT2D eigenvalue weighted by atomic mass is 127. The molecule has 1 aromatic heterocycles. The van der Waals surface area contributed by atoms with Crippen molar-refractivity contribution in [2.24, 2.45) is 4.99 Å². The molecular formula is C20H31IN6O. The zero-order valence-electron chi connectivity index (χ0n) is 16.5. The van der Waals surface area contributed by atoms with E-state index >= 15 is 0 Å². The summed E-state index contributed by atoms with van der Waals surface area (Å²) < 4.78 is 7.58. The number of hydrogen-bond donors (Lipinski definition) is 2. The fraction of sp³-hybridized carbons (Fsp3) is 0.500. The summed E-state index contributed by atoms with van der Waals surface area (Å²) in [5.41, 5.74) is 1.28. The van der Waals surface area contributed by atoms with Crippen molar-refractivity contribution in [3.63, 3.8) is 0 Å². The molecule has 0 aliphatic carbocycles. The fourth-order valence-electron chi connectivity index (χ4n) is 3.16. The molecule has 7 nitrogen and oxygen atoms in total. The molecule has 0 unspecified atom stereocenters. The molecule has 0 atom stereocenters. The fourth-order valence-corrected chi connectivity index (χ4v) is 3.16. The van der Waals surface area contributed by atoms with Gasteiger partial charge in [-0.3, -0.25) is 9.89 Å². The van der Waals surface area contributed by atoms with E-state index in [-0.39, 0.29) is 24.0 Å². The highest BCUT2D eigenvalue weighted by Gasteiger charge is 2.10. The van der Waals surface area contributed by atoms with E-state index in [0.717, 1.165) is 70.7 Å². The van der Waals surface area contributed by atoms with Crippen molar-refractivity contribution in [3.8, 4) is 0 Å². The second-order valence-corrected chi connectivity index (χ2v) is 6.59. The Bertz CT molecular complexity index is 700. The van der Waals surface area contributed by atoms with E-state index in [9.17, 15) is 0 Å². The summed E-state index contributed by atoms with van der Waals surface area (Å²) in [6, 6.07) is 10.5. The molecule has 0 saturated carbocycles. The van der Waals surface area contributed by atoms with Crippen molar-refractivity contribution in [2.45, 2.75) is 13.0 Å². The number of imidazole rings is 1. The molecule has 0 amide bonds. The maximum Gasteiger partial charge on any atom is 0.191 e. The smallest absolute Gasteiger partial charge is 0.191 e. The van der Waals surface area contributed by atoms with Crippen LogP contribution in [0.2, 0.25) is 0 Å². The van der Waals surface area contributed by atoms with Crippen molar-refractivity contribution in [3.05, 3.63) is 54.1 Å². The van der Waals surface area contributed by atoms with Gasteiger partial charge in [-0.25, -0.2) is 4.98 Å². The lowest BCUT2D eigenvalue weighted by Crippen LogP contribution is -2.44. The van der Waals surface area contributed by atoms with Crippen LogP contribution in [0.3, 0.4) is 0 Å². The number of halogens is 1. The number of nitrogens with zero attached hydrogens (tertiary/aromatic N) is 4.